The lowest BCUT2D eigenvalue weighted by atomic mass is 10.0. The van der Waals surface area contributed by atoms with Gasteiger partial charge in [-0.1, -0.05) is 72.8 Å². The van der Waals surface area contributed by atoms with Gasteiger partial charge >= 0.3 is 0 Å². The van der Waals surface area contributed by atoms with E-state index in [1.165, 1.54) is 4.70 Å². The van der Waals surface area contributed by atoms with Gasteiger partial charge in [0.25, 0.3) is 0 Å². The maximum Gasteiger partial charge on any atom is 0.143 e. The van der Waals surface area contributed by atoms with Crippen LogP contribution in [-0.2, 0) is 0 Å². The van der Waals surface area contributed by atoms with Crippen molar-refractivity contribution in [2.45, 2.75) is 0 Å². The summed E-state index contributed by atoms with van der Waals surface area (Å²) in [5.74, 6) is 0. The van der Waals surface area contributed by atoms with E-state index in [-0.39, 0.29) is 0 Å². The molecule has 0 amide bonds. The Kier molecular flexibility index (Phi) is 6.61. The monoisotopic (exact) mass is 621 g/mol. The highest BCUT2D eigenvalue weighted by Gasteiger charge is 2.16. The molecule has 0 saturated heterocycles. The zero-order valence-electron chi connectivity index (χ0n) is 25.2. The van der Waals surface area contributed by atoms with Crippen molar-refractivity contribution in [3.8, 4) is 32.8 Å². The normalized spacial score (nSPS) is 11.4. The summed E-state index contributed by atoms with van der Waals surface area (Å²) in [4.78, 5) is 11.4. The SMILES string of the molecule is c1ccc2sc(-c3ccc(N(c4ccc(-c5ccncc5)cc4)c4ccc(-c5cccc6c5oc5ccccc56)cc4)cc3)nc2c1. The van der Waals surface area contributed by atoms with Crippen LogP contribution in [0.3, 0.4) is 0 Å². The summed E-state index contributed by atoms with van der Waals surface area (Å²) in [6.45, 7) is 0. The Bertz CT molecular complexity index is 2470. The van der Waals surface area contributed by atoms with Crippen LogP contribution in [0.15, 0.2) is 168 Å². The van der Waals surface area contributed by atoms with Crippen LogP contribution in [0.25, 0.3) is 65.0 Å². The first-order valence-electron chi connectivity index (χ1n) is 15.6. The van der Waals surface area contributed by atoms with Crippen LogP contribution in [0.2, 0.25) is 0 Å². The van der Waals surface area contributed by atoms with Crippen molar-refractivity contribution in [2.24, 2.45) is 0 Å². The Morgan fingerprint density at radius 1 is 0.489 bits per heavy atom. The Labute approximate surface area is 275 Å². The van der Waals surface area contributed by atoms with Crippen LogP contribution in [0.4, 0.5) is 17.1 Å². The van der Waals surface area contributed by atoms with Crippen LogP contribution in [0.5, 0.6) is 0 Å². The summed E-state index contributed by atoms with van der Waals surface area (Å²) >= 11 is 1.72. The van der Waals surface area contributed by atoms with Gasteiger partial charge in [-0.15, -0.1) is 11.3 Å². The molecule has 0 spiro atoms. The third-order valence-corrected chi connectivity index (χ3v) is 9.73. The van der Waals surface area contributed by atoms with Crippen molar-refractivity contribution in [1.82, 2.24) is 9.97 Å². The van der Waals surface area contributed by atoms with Gasteiger partial charge in [0, 0.05) is 51.4 Å². The molecule has 0 bridgehead atoms. The van der Waals surface area contributed by atoms with Gasteiger partial charge in [-0.25, -0.2) is 4.98 Å². The molecule has 0 fully saturated rings. The van der Waals surface area contributed by atoms with Gasteiger partial charge in [0.05, 0.1) is 10.2 Å². The number of pyridine rings is 1. The van der Waals surface area contributed by atoms with Crippen molar-refractivity contribution < 1.29 is 4.42 Å². The van der Waals surface area contributed by atoms with Gasteiger partial charge in [0.15, 0.2) is 0 Å². The van der Waals surface area contributed by atoms with E-state index in [4.69, 9.17) is 9.40 Å². The van der Waals surface area contributed by atoms with E-state index in [9.17, 15) is 0 Å². The van der Waals surface area contributed by atoms with E-state index in [1.807, 2.05) is 42.7 Å². The number of anilines is 3. The number of hydrogen-bond acceptors (Lipinski definition) is 5. The number of nitrogens with zero attached hydrogens (tertiary/aromatic N) is 3. The Morgan fingerprint density at radius 2 is 1.09 bits per heavy atom. The second-order valence-corrected chi connectivity index (χ2v) is 12.5. The highest BCUT2D eigenvalue weighted by molar-refractivity contribution is 7.21. The molecule has 3 heterocycles. The molecule has 0 aliphatic heterocycles. The van der Waals surface area contributed by atoms with Gasteiger partial charge in [0.1, 0.15) is 16.2 Å². The van der Waals surface area contributed by atoms with E-state index >= 15 is 0 Å². The molecule has 0 N–H and O–H groups in total. The third kappa shape index (κ3) is 4.94. The topological polar surface area (TPSA) is 42.2 Å². The van der Waals surface area contributed by atoms with Crippen LogP contribution >= 0.6 is 11.3 Å². The second kappa shape index (κ2) is 11.4. The fraction of sp³-hybridized carbons (Fsp3) is 0. The first-order valence-corrected chi connectivity index (χ1v) is 16.4. The van der Waals surface area contributed by atoms with Crippen LogP contribution < -0.4 is 4.90 Å². The number of furan rings is 1. The molecule has 222 valence electrons. The average molecular weight is 622 g/mol. The van der Waals surface area contributed by atoms with Gasteiger partial charge in [-0.05, 0) is 95.6 Å². The molecule has 0 aliphatic carbocycles. The Hall–Kier alpha value is -6.04. The van der Waals surface area contributed by atoms with Crippen molar-refractivity contribution in [2.75, 3.05) is 4.90 Å². The zero-order chi connectivity index (χ0) is 31.2. The molecular weight excluding hydrogens is 595 g/mol. The van der Waals surface area contributed by atoms with Gasteiger partial charge < -0.3 is 9.32 Å². The fourth-order valence-electron chi connectivity index (χ4n) is 6.31. The summed E-state index contributed by atoms with van der Waals surface area (Å²) in [6.07, 6.45) is 3.66. The fourth-order valence-corrected chi connectivity index (χ4v) is 7.28. The minimum Gasteiger partial charge on any atom is -0.455 e. The summed E-state index contributed by atoms with van der Waals surface area (Å²) in [5, 5.41) is 3.29. The van der Waals surface area contributed by atoms with E-state index in [0.29, 0.717) is 0 Å². The Morgan fingerprint density at radius 3 is 1.81 bits per heavy atom. The minimum absolute atomic E-state index is 0.905. The summed E-state index contributed by atoms with van der Waals surface area (Å²) in [7, 11) is 0. The molecule has 0 unspecified atom stereocenters. The number of aromatic nitrogens is 2. The molecule has 0 radical (unpaired) electrons. The van der Waals surface area contributed by atoms with Gasteiger partial charge in [0.2, 0.25) is 0 Å². The lowest BCUT2D eigenvalue weighted by Gasteiger charge is -2.26. The first-order chi connectivity index (χ1) is 23.3. The molecule has 6 aromatic carbocycles. The standard InChI is InChI=1S/C42H27N3OS/c1-3-10-39-36(6-1)37-8-5-7-35(41(37)46-39)30-14-20-33(21-15-30)45(32-18-12-28(13-19-32)29-24-26-43-27-25-29)34-22-16-31(17-23-34)42-44-38-9-2-4-11-40(38)47-42/h1-27H. The smallest absolute Gasteiger partial charge is 0.143 e. The molecule has 5 heteroatoms. The minimum atomic E-state index is 0.905. The second-order valence-electron chi connectivity index (χ2n) is 11.5. The number of thiazole rings is 1. The predicted octanol–water partition coefficient (Wildman–Crippen LogP) is 12.1. The number of hydrogen-bond donors (Lipinski definition) is 0. The molecule has 9 aromatic rings. The molecule has 3 aromatic heterocycles. The van der Waals surface area contributed by atoms with Gasteiger partial charge in [-0.3, -0.25) is 4.98 Å². The van der Waals surface area contributed by atoms with Crippen molar-refractivity contribution in [3.05, 3.63) is 164 Å². The largest absolute Gasteiger partial charge is 0.455 e. The highest BCUT2D eigenvalue weighted by atomic mass is 32.1. The van der Waals surface area contributed by atoms with E-state index in [0.717, 1.165) is 77.3 Å². The third-order valence-electron chi connectivity index (χ3n) is 8.65. The number of benzene rings is 6. The molecule has 0 atom stereocenters. The maximum atomic E-state index is 6.35. The molecule has 0 saturated carbocycles. The van der Waals surface area contributed by atoms with Gasteiger partial charge in [-0.2, -0.15) is 0 Å². The Balaban J connectivity index is 1.11. The van der Waals surface area contributed by atoms with Crippen LogP contribution in [0, 0.1) is 0 Å². The van der Waals surface area contributed by atoms with E-state index in [2.05, 4.69) is 131 Å². The molecule has 4 nitrogen and oxygen atoms in total. The number of fused-ring (bicyclic) bond motifs is 4. The van der Waals surface area contributed by atoms with Crippen LogP contribution in [0.1, 0.15) is 0 Å². The zero-order valence-corrected chi connectivity index (χ0v) is 26.1. The highest BCUT2D eigenvalue weighted by Crippen LogP contribution is 2.40. The van der Waals surface area contributed by atoms with Crippen LogP contribution in [-0.4, -0.2) is 9.97 Å². The number of rotatable bonds is 6. The summed E-state index contributed by atoms with van der Waals surface area (Å²) < 4.78 is 7.55. The maximum absolute atomic E-state index is 6.35. The molecular formula is C42H27N3OS. The predicted molar refractivity (Wildman–Crippen MR) is 196 cm³/mol. The number of para-hydroxylation sites is 3. The van der Waals surface area contributed by atoms with Crippen molar-refractivity contribution in [3.63, 3.8) is 0 Å². The summed E-state index contributed by atoms with van der Waals surface area (Å²) in [6, 6.07) is 53.1. The quantitative estimate of drug-likeness (QED) is 0.185. The van der Waals surface area contributed by atoms with E-state index < -0.39 is 0 Å². The first kappa shape index (κ1) is 27.3. The molecule has 47 heavy (non-hydrogen) atoms. The van der Waals surface area contributed by atoms with Crippen molar-refractivity contribution in [1.29, 1.82) is 0 Å². The lowest BCUT2D eigenvalue weighted by Crippen LogP contribution is -2.09. The van der Waals surface area contributed by atoms with Crippen molar-refractivity contribution >= 4 is 60.6 Å². The van der Waals surface area contributed by atoms with E-state index in [1.54, 1.807) is 11.3 Å². The lowest BCUT2D eigenvalue weighted by molar-refractivity contribution is 0.670. The molecule has 0 aliphatic rings. The summed E-state index contributed by atoms with van der Waals surface area (Å²) in [5.41, 5.74) is 11.6. The average Bonchev–Trinajstić information content (AvgIpc) is 3.75. The molecule has 9 rings (SSSR count).